The van der Waals surface area contributed by atoms with Gasteiger partial charge in [-0.2, -0.15) is 0 Å². The van der Waals surface area contributed by atoms with Crippen LogP contribution in [0.15, 0.2) is 24.3 Å². The van der Waals surface area contributed by atoms with Crippen LogP contribution >= 0.6 is 0 Å². The molecule has 0 radical (unpaired) electrons. The number of allylic oxidation sites excluding steroid dienone is 2. The van der Waals surface area contributed by atoms with E-state index in [9.17, 15) is 25.2 Å². The highest BCUT2D eigenvalue weighted by Crippen LogP contribution is 2.18. The summed E-state index contributed by atoms with van der Waals surface area (Å²) in [5.41, 5.74) is 0. The zero-order valence-electron chi connectivity index (χ0n) is 18.6. The van der Waals surface area contributed by atoms with Gasteiger partial charge in [0.2, 0.25) is 0 Å². The first-order valence-electron chi connectivity index (χ1n) is 11.2. The summed E-state index contributed by atoms with van der Waals surface area (Å²) in [6.07, 6.45) is 12.2. The molecule has 0 aromatic heterocycles. The Morgan fingerprint density at radius 3 is 1.76 bits per heavy atom. The molecule has 29 heavy (non-hydrogen) atoms. The molecule has 170 valence electrons. The summed E-state index contributed by atoms with van der Waals surface area (Å²) in [6.45, 7) is 6.81. The second-order valence-electron chi connectivity index (χ2n) is 8.04. The van der Waals surface area contributed by atoms with Crippen LogP contribution in [0.25, 0.3) is 0 Å². The average Bonchev–Trinajstić information content (AvgIpc) is 2.66. The van der Waals surface area contributed by atoms with Crippen LogP contribution in [-0.2, 0) is 4.79 Å². The first-order valence-corrected chi connectivity index (χ1v) is 11.2. The summed E-state index contributed by atoms with van der Waals surface area (Å²) in [4.78, 5) is 11.5. The molecule has 3 atom stereocenters. The van der Waals surface area contributed by atoms with E-state index in [4.69, 9.17) is 0 Å². The molecule has 0 aliphatic carbocycles. The lowest BCUT2D eigenvalue weighted by Crippen LogP contribution is -2.60. The van der Waals surface area contributed by atoms with Gasteiger partial charge in [0.05, 0.1) is 19.1 Å². The second-order valence-corrected chi connectivity index (χ2v) is 8.04. The molecule has 3 N–H and O–H groups in total. The molecule has 0 saturated heterocycles. The molecular weight excluding hydrogens is 370 g/mol. The Hall–Kier alpha value is -1.21. The maximum absolute atomic E-state index is 11.5. The van der Waals surface area contributed by atoms with Crippen LogP contribution in [0.2, 0.25) is 0 Å². The zero-order valence-corrected chi connectivity index (χ0v) is 18.6. The Bertz CT molecular complexity index is 452. The van der Waals surface area contributed by atoms with Gasteiger partial charge in [0.1, 0.15) is 31.8 Å². The fourth-order valence-corrected chi connectivity index (χ4v) is 3.61. The molecule has 0 heterocycles. The minimum Gasteiger partial charge on any atom is -0.550 e. The molecule has 6 nitrogen and oxygen atoms in total. The highest BCUT2D eigenvalue weighted by Gasteiger charge is 2.34. The summed E-state index contributed by atoms with van der Waals surface area (Å²) >= 11 is 0. The number of carboxylic acids is 1. The van der Waals surface area contributed by atoms with Crippen molar-refractivity contribution in [1.82, 2.24) is 0 Å². The SMILES string of the molecule is CCCC/C=C/C(O)C[N+](CCO)(CC(O)/C=C/CCCC)CC(CC)C(=O)[O-]. The molecule has 0 aromatic rings. The molecule has 0 spiro atoms. The van der Waals surface area contributed by atoms with E-state index in [1.807, 2.05) is 12.2 Å². The molecule has 0 saturated carbocycles. The largest absolute Gasteiger partial charge is 0.550 e. The summed E-state index contributed by atoms with van der Waals surface area (Å²) in [6, 6.07) is 0. The number of aliphatic carboxylic acids is 1. The number of unbranched alkanes of at least 4 members (excludes halogenated alkanes) is 4. The standard InChI is InChI=1S/C23H43NO5/c1-4-7-9-11-13-21(26)18-24(15-16-25,17-20(6-3)23(28)29)19-22(27)14-12-10-8-5-2/h11-14,20-22,25-27H,4-10,15-19H2,1-3H3/b13-11+,14-12+. The van der Waals surface area contributed by atoms with Crippen molar-refractivity contribution >= 4 is 5.97 Å². The number of carbonyl (C=O) groups is 1. The number of aliphatic hydroxyl groups excluding tert-OH is 3. The van der Waals surface area contributed by atoms with Crippen LogP contribution in [0.3, 0.4) is 0 Å². The number of carboxylic acid groups (broad SMARTS) is 1. The van der Waals surface area contributed by atoms with Crippen LogP contribution < -0.4 is 5.11 Å². The summed E-state index contributed by atoms with van der Waals surface area (Å²) in [5, 5.41) is 42.3. The highest BCUT2D eigenvalue weighted by molar-refractivity contribution is 5.67. The Morgan fingerprint density at radius 1 is 0.931 bits per heavy atom. The molecule has 6 heteroatoms. The Balaban J connectivity index is 5.43. The normalized spacial score (nSPS) is 17.4. The van der Waals surface area contributed by atoms with Crippen LogP contribution in [0.1, 0.15) is 65.7 Å². The lowest BCUT2D eigenvalue weighted by atomic mass is 10.0. The molecule has 0 aromatic carbocycles. The first kappa shape index (κ1) is 27.8. The van der Waals surface area contributed by atoms with Gasteiger partial charge in [-0.15, -0.1) is 0 Å². The molecule has 0 amide bonds. The van der Waals surface area contributed by atoms with Crippen molar-refractivity contribution in [3.8, 4) is 0 Å². The van der Waals surface area contributed by atoms with Crippen LogP contribution in [0.5, 0.6) is 0 Å². The summed E-state index contributed by atoms with van der Waals surface area (Å²) in [7, 11) is 0. The van der Waals surface area contributed by atoms with Gasteiger partial charge in [0, 0.05) is 5.92 Å². The number of nitrogens with zero attached hydrogens (tertiary/aromatic N) is 1. The minimum atomic E-state index is -1.13. The number of rotatable bonds is 18. The van der Waals surface area contributed by atoms with Crippen molar-refractivity contribution < 1.29 is 29.7 Å². The van der Waals surface area contributed by atoms with E-state index in [0.717, 1.165) is 38.5 Å². The van der Waals surface area contributed by atoms with Gasteiger partial charge in [0.15, 0.2) is 0 Å². The van der Waals surface area contributed by atoms with Crippen molar-refractivity contribution in [2.45, 2.75) is 77.9 Å². The Kier molecular flexibility index (Phi) is 15.9. The third kappa shape index (κ3) is 12.9. The average molecular weight is 414 g/mol. The topological polar surface area (TPSA) is 101 Å². The fourth-order valence-electron chi connectivity index (χ4n) is 3.61. The van der Waals surface area contributed by atoms with Crippen molar-refractivity contribution in [2.24, 2.45) is 5.92 Å². The predicted molar refractivity (Wildman–Crippen MR) is 115 cm³/mol. The van der Waals surface area contributed by atoms with Crippen molar-refractivity contribution in [3.63, 3.8) is 0 Å². The molecule has 0 aliphatic heterocycles. The van der Waals surface area contributed by atoms with Gasteiger partial charge in [-0.05, 0) is 19.3 Å². The van der Waals surface area contributed by atoms with E-state index < -0.39 is 24.1 Å². The molecule has 0 rings (SSSR count). The number of hydrogen-bond donors (Lipinski definition) is 3. The zero-order chi connectivity index (χ0) is 22.1. The molecule has 0 fully saturated rings. The monoisotopic (exact) mass is 413 g/mol. The van der Waals surface area contributed by atoms with E-state index in [1.54, 1.807) is 19.1 Å². The Labute approximate surface area is 177 Å². The quantitative estimate of drug-likeness (QED) is 0.181. The maximum Gasteiger partial charge on any atom is 0.121 e. The van der Waals surface area contributed by atoms with Crippen LogP contribution in [0.4, 0.5) is 0 Å². The predicted octanol–water partition coefficient (Wildman–Crippen LogP) is 1.79. The molecule has 0 aliphatic rings. The van der Waals surface area contributed by atoms with Gasteiger partial charge in [-0.25, -0.2) is 0 Å². The van der Waals surface area contributed by atoms with Crippen LogP contribution in [-0.4, -0.2) is 70.8 Å². The molecular formula is C23H43NO5. The van der Waals surface area contributed by atoms with Gasteiger partial charge < -0.3 is 29.7 Å². The smallest absolute Gasteiger partial charge is 0.121 e. The Morgan fingerprint density at radius 2 is 1.41 bits per heavy atom. The van der Waals surface area contributed by atoms with E-state index in [-0.39, 0.29) is 37.3 Å². The van der Waals surface area contributed by atoms with Gasteiger partial charge in [-0.1, -0.05) is 70.8 Å². The number of quaternary nitrogens is 1. The van der Waals surface area contributed by atoms with E-state index in [1.165, 1.54) is 0 Å². The molecule has 0 bridgehead atoms. The second kappa shape index (κ2) is 16.6. The summed E-state index contributed by atoms with van der Waals surface area (Å²) in [5.74, 6) is -1.83. The first-order chi connectivity index (χ1) is 13.8. The fraction of sp³-hybridized carbons (Fsp3) is 0.783. The van der Waals surface area contributed by atoms with Crippen molar-refractivity contribution in [2.75, 3.05) is 32.8 Å². The van der Waals surface area contributed by atoms with E-state index >= 15 is 0 Å². The van der Waals surface area contributed by atoms with Crippen molar-refractivity contribution in [1.29, 1.82) is 0 Å². The number of aliphatic hydroxyl groups is 3. The van der Waals surface area contributed by atoms with E-state index in [2.05, 4.69) is 13.8 Å². The highest BCUT2D eigenvalue weighted by atomic mass is 16.4. The lowest BCUT2D eigenvalue weighted by Gasteiger charge is -2.42. The minimum absolute atomic E-state index is 0.127. The molecule has 3 unspecified atom stereocenters. The maximum atomic E-state index is 11.5. The van der Waals surface area contributed by atoms with E-state index in [0.29, 0.717) is 6.42 Å². The lowest BCUT2D eigenvalue weighted by molar-refractivity contribution is -0.934. The van der Waals surface area contributed by atoms with Crippen LogP contribution in [0, 0.1) is 5.92 Å². The number of hydrogen-bond acceptors (Lipinski definition) is 5. The number of carbonyl (C=O) groups excluding carboxylic acids is 1. The third-order valence-corrected chi connectivity index (χ3v) is 5.32. The summed E-state index contributed by atoms with van der Waals surface area (Å²) < 4.78 is 0.127. The van der Waals surface area contributed by atoms with Gasteiger partial charge in [0.25, 0.3) is 0 Å². The van der Waals surface area contributed by atoms with Gasteiger partial charge in [-0.3, -0.25) is 0 Å². The van der Waals surface area contributed by atoms with Crippen molar-refractivity contribution in [3.05, 3.63) is 24.3 Å². The van der Waals surface area contributed by atoms with Gasteiger partial charge >= 0.3 is 0 Å². The third-order valence-electron chi connectivity index (χ3n) is 5.32.